The van der Waals surface area contributed by atoms with Crippen molar-refractivity contribution in [2.24, 2.45) is 5.41 Å². The highest BCUT2D eigenvalue weighted by molar-refractivity contribution is 6.02. The number of β-amino-alcohol motifs (C(OH)–C–C–N with tert-alkyl or cyclic N) is 1. The standard InChI is InChI=1S/C29H32N8O3/c1-30-20-16-23(40-2)22(15-21(20)33-26(39)6-4-13-36-17-24(38)29(18-36)9-10-29)34-28-32-12-7-25(35-28)37-14-8-19-5-3-11-31-27(19)37/h3-8,11-12,14-16,24,30,38H,9-10,13,17-18H2,1-2H3,(H,33,39)(H,32,34,35)/b6-4+. The first-order valence-corrected chi connectivity index (χ1v) is 13.3. The number of rotatable bonds is 9. The third-order valence-electron chi connectivity index (χ3n) is 7.65. The van der Waals surface area contributed by atoms with E-state index in [2.05, 4.69) is 35.8 Å². The number of ether oxygens (including phenoxy) is 1. The maximum absolute atomic E-state index is 12.8. The van der Waals surface area contributed by atoms with Crippen molar-refractivity contribution in [1.29, 1.82) is 0 Å². The molecule has 6 rings (SSSR count). The quantitative estimate of drug-likeness (QED) is 0.236. The smallest absolute Gasteiger partial charge is 0.248 e. The number of fused-ring (bicyclic) bond motifs is 1. The Bertz CT molecular complexity index is 1580. The lowest BCUT2D eigenvalue weighted by Crippen LogP contribution is -2.22. The summed E-state index contributed by atoms with van der Waals surface area (Å²) in [6.07, 6.45) is 10.6. The lowest BCUT2D eigenvalue weighted by molar-refractivity contribution is -0.111. The van der Waals surface area contributed by atoms with Crippen LogP contribution in [0.5, 0.6) is 5.75 Å². The summed E-state index contributed by atoms with van der Waals surface area (Å²) in [5.74, 6) is 1.33. The van der Waals surface area contributed by atoms with Crippen LogP contribution >= 0.6 is 0 Å². The van der Waals surface area contributed by atoms with E-state index >= 15 is 0 Å². The van der Waals surface area contributed by atoms with Gasteiger partial charge >= 0.3 is 0 Å². The summed E-state index contributed by atoms with van der Waals surface area (Å²) in [4.78, 5) is 28.5. The van der Waals surface area contributed by atoms with Crippen LogP contribution in [0.25, 0.3) is 16.9 Å². The van der Waals surface area contributed by atoms with Crippen LogP contribution < -0.4 is 20.7 Å². The molecule has 1 saturated heterocycles. The minimum Gasteiger partial charge on any atom is -0.494 e. The van der Waals surface area contributed by atoms with Gasteiger partial charge in [0.05, 0.1) is 30.3 Å². The van der Waals surface area contributed by atoms with Gasteiger partial charge in [0.2, 0.25) is 11.9 Å². The van der Waals surface area contributed by atoms with Gasteiger partial charge in [-0.3, -0.25) is 14.3 Å². The predicted molar refractivity (Wildman–Crippen MR) is 154 cm³/mol. The van der Waals surface area contributed by atoms with E-state index in [4.69, 9.17) is 4.74 Å². The molecule has 11 heteroatoms. The molecule has 3 aromatic heterocycles. The number of hydrogen-bond donors (Lipinski definition) is 4. The van der Waals surface area contributed by atoms with Crippen LogP contribution in [-0.2, 0) is 4.79 Å². The number of carbonyl (C=O) groups excluding carboxylic acids is 1. The van der Waals surface area contributed by atoms with Gasteiger partial charge in [-0.2, -0.15) is 4.98 Å². The molecule has 0 bridgehead atoms. The summed E-state index contributed by atoms with van der Waals surface area (Å²) >= 11 is 0. The van der Waals surface area contributed by atoms with E-state index in [-0.39, 0.29) is 17.4 Å². The van der Waals surface area contributed by atoms with Crippen LogP contribution in [0, 0.1) is 5.41 Å². The molecule has 1 atom stereocenters. The van der Waals surface area contributed by atoms with E-state index in [9.17, 15) is 9.90 Å². The second-order valence-corrected chi connectivity index (χ2v) is 10.3. The van der Waals surface area contributed by atoms with E-state index in [1.165, 1.54) is 6.08 Å². The summed E-state index contributed by atoms with van der Waals surface area (Å²) in [6, 6.07) is 11.3. The van der Waals surface area contributed by atoms with Crippen molar-refractivity contribution in [3.8, 4) is 11.6 Å². The molecule has 2 aliphatic rings. The minimum atomic E-state index is -0.262. The van der Waals surface area contributed by atoms with Crippen LogP contribution in [0.15, 0.2) is 67.1 Å². The van der Waals surface area contributed by atoms with Gasteiger partial charge in [-0.1, -0.05) is 6.08 Å². The molecule has 11 nitrogen and oxygen atoms in total. The average Bonchev–Trinajstić information content (AvgIpc) is 3.51. The van der Waals surface area contributed by atoms with Crippen molar-refractivity contribution in [3.63, 3.8) is 0 Å². The summed E-state index contributed by atoms with van der Waals surface area (Å²) in [5.41, 5.74) is 2.76. The highest BCUT2D eigenvalue weighted by atomic mass is 16.5. The number of nitrogens with one attached hydrogen (secondary N) is 3. The van der Waals surface area contributed by atoms with E-state index in [0.717, 1.165) is 30.4 Å². The zero-order chi connectivity index (χ0) is 27.7. The molecule has 1 aliphatic carbocycles. The molecular weight excluding hydrogens is 508 g/mol. The Balaban J connectivity index is 1.18. The van der Waals surface area contributed by atoms with Crippen molar-refractivity contribution in [2.45, 2.75) is 18.9 Å². The molecule has 4 heterocycles. The van der Waals surface area contributed by atoms with Crippen LogP contribution in [0.2, 0.25) is 0 Å². The number of benzene rings is 1. The van der Waals surface area contributed by atoms with Gasteiger partial charge in [-0.25, -0.2) is 9.97 Å². The molecule has 1 saturated carbocycles. The molecule has 1 spiro atoms. The van der Waals surface area contributed by atoms with Gasteiger partial charge in [0, 0.05) is 68.2 Å². The van der Waals surface area contributed by atoms with Crippen molar-refractivity contribution in [3.05, 3.63) is 67.1 Å². The molecule has 206 valence electrons. The zero-order valence-corrected chi connectivity index (χ0v) is 22.5. The van der Waals surface area contributed by atoms with Gasteiger partial charge < -0.3 is 25.8 Å². The Hall–Kier alpha value is -4.48. The number of aliphatic hydroxyl groups is 1. The average molecular weight is 541 g/mol. The summed E-state index contributed by atoms with van der Waals surface area (Å²) < 4.78 is 7.50. The highest BCUT2D eigenvalue weighted by Gasteiger charge is 2.54. The molecule has 2 fully saturated rings. The molecule has 4 aromatic rings. The van der Waals surface area contributed by atoms with E-state index < -0.39 is 0 Å². The number of likely N-dealkylation sites (tertiary alicyclic amines) is 1. The molecule has 1 aliphatic heterocycles. The van der Waals surface area contributed by atoms with Crippen LogP contribution in [0.1, 0.15) is 12.8 Å². The SMILES string of the molecule is CNc1cc(OC)c(Nc2nccc(-n3ccc4cccnc43)n2)cc1NC(=O)/C=C/CN1CC(O)C2(CC2)C1. The zero-order valence-electron chi connectivity index (χ0n) is 22.5. The monoisotopic (exact) mass is 540 g/mol. The number of hydrogen-bond acceptors (Lipinski definition) is 9. The highest BCUT2D eigenvalue weighted by Crippen LogP contribution is 2.52. The number of aliphatic hydroxyl groups excluding tert-OH is 1. The number of nitrogens with zero attached hydrogens (tertiary/aromatic N) is 5. The summed E-state index contributed by atoms with van der Waals surface area (Å²) in [6.45, 7) is 2.17. The van der Waals surface area contributed by atoms with Crippen LogP contribution in [0.3, 0.4) is 0 Å². The molecule has 0 radical (unpaired) electrons. The minimum absolute atomic E-state index is 0.0973. The fourth-order valence-electron chi connectivity index (χ4n) is 5.30. The first-order valence-electron chi connectivity index (χ1n) is 13.3. The number of methoxy groups -OCH3 is 1. The lowest BCUT2D eigenvalue weighted by atomic mass is 10.0. The first kappa shape index (κ1) is 25.8. The Morgan fingerprint density at radius 1 is 1.18 bits per heavy atom. The lowest BCUT2D eigenvalue weighted by Gasteiger charge is -2.17. The van der Waals surface area contributed by atoms with Gasteiger partial charge in [-0.15, -0.1) is 0 Å². The van der Waals surface area contributed by atoms with Crippen molar-refractivity contribution in [1.82, 2.24) is 24.4 Å². The Morgan fingerprint density at radius 2 is 2.05 bits per heavy atom. The topological polar surface area (TPSA) is 129 Å². The Labute approximate surface area is 231 Å². The largest absolute Gasteiger partial charge is 0.494 e. The van der Waals surface area contributed by atoms with E-state index in [1.54, 1.807) is 38.7 Å². The van der Waals surface area contributed by atoms with Gasteiger partial charge in [-0.05, 0) is 43.2 Å². The maximum atomic E-state index is 12.8. The van der Waals surface area contributed by atoms with Gasteiger partial charge in [0.25, 0.3) is 0 Å². The summed E-state index contributed by atoms with van der Waals surface area (Å²) in [7, 11) is 3.36. The fraction of sp³-hybridized carbons (Fsp3) is 0.310. The molecule has 40 heavy (non-hydrogen) atoms. The Morgan fingerprint density at radius 3 is 2.83 bits per heavy atom. The fourth-order valence-corrected chi connectivity index (χ4v) is 5.30. The second kappa shape index (κ2) is 10.6. The van der Waals surface area contributed by atoms with E-state index in [1.807, 2.05) is 41.1 Å². The normalized spacial score (nSPS) is 17.9. The Kier molecular flexibility index (Phi) is 6.82. The molecular formula is C29H32N8O3. The van der Waals surface area contributed by atoms with Crippen LogP contribution in [-0.4, -0.2) is 75.3 Å². The third-order valence-corrected chi connectivity index (χ3v) is 7.65. The molecule has 1 unspecified atom stereocenters. The van der Waals surface area contributed by atoms with Gasteiger partial charge in [0.1, 0.15) is 17.2 Å². The van der Waals surface area contributed by atoms with Gasteiger partial charge in [0.15, 0.2) is 0 Å². The van der Waals surface area contributed by atoms with Crippen LogP contribution in [0.4, 0.5) is 23.0 Å². The van der Waals surface area contributed by atoms with Crippen molar-refractivity contribution in [2.75, 3.05) is 49.7 Å². The number of anilines is 4. The van der Waals surface area contributed by atoms with Crippen molar-refractivity contribution < 1.29 is 14.6 Å². The second-order valence-electron chi connectivity index (χ2n) is 10.3. The number of pyridine rings is 1. The number of amides is 1. The predicted octanol–water partition coefficient (Wildman–Crippen LogP) is 3.56. The molecule has 4 N–H and O–H groups in total. The molecule has 1 amide bonds. The first-order chi connectivity index (χ1) is 19.5. The summed E-state index contributed by atoms with van der Waals surface area (Å²) in [5, 5.41) is 20.6. The maximum Gasteiger partial charge on any atom is 0.248 e. The number of carbonyl (C=O) groups is 1. The number of aromatic nitrogens is 4. The van der Waals surface area contributed by atoms with E-state index in [0.29, 0.717) is 47.7 Å². The van der Waals surface area contributed by atoms with Crippen molar-refractivity contribution >= 4 is 40.0 Å². The molecule has 1 aromatic carbocycles. The third kappa shape index (κ3) is 5.08.